The Balaban J connectivity index is 1.71. The van der Waals surface area contributed by atoms with E-state index in [1.165, 1.54) is 46.6 Å². The molecule has 5 rings (SSSR count). The minimum atomic E-state index is -0.907. The molecule has 5 nitrogen and oxygen atoms in total. The lowest BCUT2D eigenvalue weighted by Gasteiger charge is -2.21. The number of carbonyl (C=O) groups excluding carboxylic acids is 2. The predicted octanol–water partition coefficient (Wildman–Crippen LogP) is 5.26. The highest BCUT2D eigenvalue weighted by Gasteiger charge is 2.48. The van der Waals surface area contributed by atoms with Crippen molar-refractivity contribution < 1.29 is 23.5 Å². The van der Waals surface area contributed by atoms with Crippen LogP contribution in [0.2, 0.25) is 0 Å². The third kappa shape index (κ3) is 3.22. The van der Waals surface area contributed by atoms with Crippen molar-refractivity contribution in [3.8, 4) is 0 Å². The van der Waals surface area contributed by atoms with Gasteiger partial charge in [0.25, 0.3) is 5.78 Å². The van der Waals surface area contributed by atoms with Gasteiger partial charge in [0.2, 0.25) is 0 Å². The van der Waals surface area contributed by atoms with Gasteiger partial charge in [-0.05, 0) is 53.9 Å². The number of hydrogen-bond acceptors (Lipinski definition) is 6. The number of hydrogen-bond donors (Lipinski definition) is 1. The van der Waals surface area contributed by atoms with E-state index in [4.69, 9.17) is 0 Å². The van der Waals surface area contributed by atoms with Crippen LogP contribution in [0.4, 0.5) is 13.9 Å². The zero-order valence-corrected chi connectivity index (χ0v) is 17.2. The number of aromatic nitrogens is 1. The standard InChI is InChI=1S/C22H12F2N2O3S2/c23-12-5-3-11(4-6-12)19(27)17-18(15-2-1-9-30-15)26(21(29)20(17)28)22-25-14-8-7-13(24)10-16(14)31-22/h1-10,18,27H/t18-/m1/s1. The molecule has 9 heteroatoms. The van der Waals surface area contributed by atoms with Gasteiger partial charge < -0.3 is 5.11 Å². The number of aliphatic hydroxyl groups is 1. The molecule has 0 radical (unpaired) electrons. The molecule has 0 spiro atoms. The average Bonchev–Trinajstić information content (AvgIpc) is 3.47. The second-order valence-corrected chi connectivity index (χ2v) is 8.79. The number of fused-ring (bicyclic) bond motifs is 1. The zero-order chi connectivity index (χ0) is 21.7. The van der Waals surface area contributed by atoms with Crippen molar-refractivity contribution in [1.82, 2.24) is 4.98 Å². The molecule has 0 unspecified atom stereocenters. The third-order valence-corrected chi connectivity index (χ3v) is 6.86. The minimum absolute atomic E-state index is 0.107. The van der Waals surface area contributed by atoms with E-state index in [0.29, 0.717) is 15.1 Å². The van der Waals surface area contributed by atoms with Crippen molar-refractivity contribution in [3.05, 3.63) is 87.6 Å². The molecule has 1 N–H and O–H groups in total. The van der Waals surface area contributed by atoms with Gasteiger partial charge in [-0.25, -0.2) is 13.8 Å². The van der Waals surface area contributed by atoms with Crippen molar-refractivity contribution in [2.24, 2.45) is 0 Å². The number of thiophene rings is 1. The summed E-state index contributed by atoms with van der Waals surface area (Å²) in [6.45, 7) is 0. The lowest BCUT2D eigenvalue weighted by Crippen LogP contribution is -2.28. The highest BCUT2D eigenvalue weighted by Crippen LogP contribution is 2.45. The summed E-state index contributed by atoms with van der Waals surface area (Å²) in [6.07, 6.45) is 0. The molecule has 2 aromatic carbocycles. The SMILES string of the molecule is O=C1C(=O)N(c2nc3ccc(F)cc3s2)[C@H](c2cccs2)C1=C(O)c1ccc(F)cc1. The Morgan fingerprint density at radius 3 is 2.48 bits per heavy atom. The fourth-order valence-electron chi connectivity index (χ4n) is 3.50. The summed E-state index contributed by atoms with van der Waals surface area (Å²) in [5.74, 6) is -3.04. The first kappa shape index (κ1) is 19.5. The lowest BCUT2D eigenvalue weighted by atomic mass is 10.00. The van der Waals surface area contributed by atoms with Gasteiger partial charge in [0.1, 0.15) is 23.4 Å². The Labute approximate surface area is 182 Å². The first-order valence-electron chi connectivity index (χ1n) is 9.10. The summed E-state index contributed by atoms with van der Waals surface area (Å²) in [5, 5.41) is 12.9. The molecule has 4 aromatic rings. The topological polar surface area (TPSA) is 70.5 Å². The number of amides is 1. The van der Waals surface area contributed by atoms with E-state index < -0.39 is 35.1 Å². The monoisotopic (exact) mass is 454 g/mol. The van der Waals surface area contributed by atoms with Crippen LogP contribution in [0.1, 0.15) is 16.5 Å². The summed E-state index contributed by atoms with van der Waals surface area (Å²) >= 11 is 2.40. The van der Waals surface area contributed by atoms with Crippen molar-refractivity contribution in [3.63, 3.8) is 0 Å². The van der Waals surface area contributed by atoms with Gasteiger partial charge in [-0.2, -0.15) is 0 Å². The number of aliphatic hydroxyl groups excluding tert-OH is 1. The Hall–Kier alpha value is -3.43. The quantitative estimate of drug-likeness (QED) is 0.260. The van der Waals surface area contributed by atoms with Gasteiger partial charge in [-0.1, -0.05) is 17.4 Å². The second-order valence-electron chi connectivity index (χ2n) is 6.80. The number of ketones is 1. The van der Waals surface area contributed by atoms with Crippen LogP contribution in [-0.2, 0) is 9.59 Å². The number of benzene rings is 2. The van der Waals surface area contributed by atoms with Crippen LogP contribution in [0, 0.1) is 11.6 Å². The number of anilines is 1. The molecule has 31 heavy (non-hydrogen) atoms. The molecule has 0 bridgehead atoms. The van der Waals surface area contributed by atoms with Crippen LogP contribution in [0.3, 0.4) is 0 Å². The Kier molecular flexibility index (Phi) is 4.64. The largest absolute Gasteiger partial charge is 0.507 e. The van der Waals surface area contributed by atoms with E-state index in [-0.39, 0.29) is 16.3 Å². The number of thiazole rings is 1. The highest BCUT2D eigenvalue weighted by molar-refractivity contribution is 7.22. The van der Waals surface area contributed by atoms with Gasteiger partial charge in [0, 0.05) is 10.4 Å². The maximum atomic E-state index is 13.6. The summed E-state index contributed by atoms with van der Waals surface area (Å²) in [5.41, 5.74) is 0.601. The van der Waals surface area contributed by atoms with Crippen LogP contribution in [0.5, 0.6) is 0 Å². The van der Waals surface area contributed by atoms with Gasteiger partial charge in [-0.3, -0.25) is 14.5 Å². The molecular weight excluding hydrogens is 442 g/mol. The van der Waals surface area contributed by atoms with Crippen LogP contribution in [0.25, 0.3) is 16.0 Å². The second kappa shape index (κ2) is 7.36. The molecule has 154 valence electrons. The van der Waals surface area contributed by atoms with Gasteiger partial charge in [-0.15, -0.1) is 11.3 Å². The molecule has 1 aliphatic heterocycles. The van der Waals surface area contributed by atoms with E-state index in [9.17, 15) is 23.5 Å². The lowest BCUT2D eigenvalue weighted by molar-refractivity contribution is -0.132. The molecule has 2 aromatic heterocycles. The molecule has 1 atom stereocenters. The first-order valence-corrected chi connectivity index (χ1v) is 10.8. The van der Waals surface area contributed by atoms with E-state index in [0.717, 1.165) is 23.5 Å². The van der Waals surface area contributed by atoms with E-state index in [1.54, 1.807) is 17.5 Å². The minimum Gasteiger partial charge on any atom is -0.507 e. The highest BCUT2D eigenvalue weighted by atomic mass is 32.1. The molecule has 1 aliphatic rings. The molecule has 0 aliphatic carbocycles. The van der Waals surface area contributed by atoms with Crippen molar-refractivity contribution in [2.75, 3.05) is 4.90 Å². The fraction of sp³-hybridized carbons (Fsp3) is 0.0455. The van der Waals surface area contributed by atoms with Crippen molar-refractivity contribution in [1.29, 1.82) is 0 Å². The third-order valence-electron chi connectivity index (χ3n) is 4.92. The summed E-state index contributed by atoms with van der Waals surface area (Å²) < 4.78 is 27.5. The maximum Gasteiger partial charge on any atom is 0.301 e. The Bertz CT molecular complexity index is 1360. The fourth-order valence-corrected chi connectivity index (χ4v) is 5.34. The molecule has 1 amide bonds. The molecule has 0 saturated carbocycles. The number of carbonyl (C=O) groups is 2. The number of halogens is 2. The van der Waals surface area contributed by atoms with Gasteiger partial charge in [0.15, 0.2) is 5.13 Å². The van der Waals surface area contributed by atoms with Crippen LogP contribution < -0.4 is 4.90 Å². The van der Waals surface area contributed by atoms with Gasteiger partial charge >= 0.3 is 5.91 Å². The molecule has 3 heterocycles. The molecule has 1 saturated heterocycles. The first-order chi connectivity index (χ1) is 14.9. The van der Waals surface area contributed by atoms with E-state index in [1.807, 2.05) is 0 Å². The zero-order valence-electron chi connectivity index (χ0n) is 15.6. The maximum absolute atomic E-state index is 13.6. The van der Waals surface area contributed by atoms with Crippen molar-refractivity contribution in [2.45, 2.75) is 6.04 Å². The molecule has 1 fully saturated rings. The number of rotatable bonds is 3. The number of nitrogens with zero attached hydrogens (tertiary/aromatic N) is 2. The number of Topliss-reactive ketones (excluding diaryl/α,β-unsaturated/α-hetero) is 1. The normalized spacial score (nSPS) is 18.3. The van der Waals surface area contributed by atoms with Crippen LogP contribution >= 0.6 is 22.7 Å². The summed E-state index contributed by atoms with van der Waals surface area (Å²) in [6, 6.07) is 11.7. The Morgan fingerprint density at radius 2 is 1.77 bits per heavy atom. The Morgan fingerprint density at radius 1 is 1.03 bits per heavy atom. The van der Waals surface area contributed by atoms with Crippen LogP contribution in [-0.4, -0.2) is 21.8 Å². The van der Waals surface area contributed by atoms with E-state index >= 15 is 0 Å². The summed E-state index contributed by atoms with van der Waals surface area (Å²) in [4.78, 5) is 32.3. The van der Waals surface area contributed by atoms with Gasteiger partial charge in [0.05, 0.1) is 15.8 Å². The smallest absolute Gasteiger partial charge is 0.301 e. The molecular formula is C22H12F2N2O3S2. The van der Waals surface area contributed by atoms with Crippen LogP contribution in [0.15, 0.2) is 65.6 Å². The summed E-state index contributed by atoms with van der Waals surface area (Å²) in [7, 11) is 0. The average molecular weight is 454 g/mol. The van der Waals surface area contributed by atoms with E-state index in [2.05, 4.69) is 4.98 Å². The predicted molar refractivity (Wildman–Crippen MR) is 115 cm³/mol. The van der Waals surface area contributed by atoms with Crippen molar-refractivity contribution >= 4 is 55.5 Å².